The SMILES string of the molecule is CCC(C)[C@H](c1cccnc1F)N1CCNCC1.Cl.Cl. The molecule has 1 saturated heterocycles. The minimum atomic E-state index is -0.318. The lowest BCUT2D eigenvalue weighted by Gasteiger charge is -2.38. The van der Waals surface area contributed by atoms with Gasteiger partial charge in [0.15, 0.2) is 0 Å². The number of hydrogen-bond acceptors (Lipinski definition) is 3. The van der Waals surface area contributed by atoms with Gasteiger partial charge in [0.1, 0.15) is 0 Å². The van der Waals surface area contributed by atoms with Gasteiger partial charge in [-0.05, 0) is 12.0 Å². The molecule has 20 heavy (non-hydrogen) atoms. The van der Waals surface area contributed by atoms with Gasteiger partial charge < -0.3 is 5.32 Å². The van der Waals surface area contributed by atoms with Crippen LogP contribution in [0.15, 0.2) is 18.3 Å². The van der Waals surface area contributed by atoms with Crippen molar-refractivity contribution in [2.75, 3.05) is 26.2 Å². The summed E-state index contributed by atoms with van der Waals surface area (Å²) < 4.78 is 13.9. The lowest BCUT2D eigenvalue weighted by molar-refractivity contribution is 0.125. The molecule has 116 valence electrons. The average Bonchev–Trinajstić information content (AvgIpc) is 2.42. The van der Waals surface area contributed by atoms with E-state index in [4.69, 9.17) is 0 Å². The molecule has 0 radical (unpaired) electrons. The molecule has 1 unspecified atom stereocenters. The van der Waals surface area contributed by atoms with Crippen LogP contribution in [0.5, 0.6) is 0 Å². The van der Waals surface area contributed by atoms with Crippen molar-refractivity contribution in [3.8, 4) is 0 Å². The molecule has 0 saturated carbocycles. The second kappa shape index (κ2) is 9.50. The number of nitrogens with one attached hydrogen (secondary N) is 1. The first-order valence-corrected chi connectivity index (χ1v) is 6.79. The summed E-state index contributed by atoms with van der Waals surface area (Å²) in [6, 6.07) is 3.85. The standard InChI is InChI=1S/C14H22FN3.2ClH/c1-3-11(2)13(18-9-7-16-8-10-18)12-5-4-6-17-14(12)15;;/h4-6,11,13,16H,3,7-10H2,1-2H3;2*1H/t11?,13-;;/m1../s1. The van der Waals surface area contributed by atoms with E-state index < -0.39 is 0 Å². The first-order chi connectivity index (χ1) is 8.74. The summed E-state index contributed by atoms with van der Waals surface area (Å²) in [7, 11) is 0. The largest absolute Gasteiger partial charge is 0.314 e. The molecule has 0 spiro atoms. The average molecular weight is 324 g/mol. The highest BCUT2D eigenvalue weighted by Crippen LogP contribution is 2.31. The fraction of sp³-hybridized carbons (Fsp3) is 0.643. The third-order valence-electron chi connectivity index (χ3n) is 3.83. The molecule has 0 amide bonds. The van der Waals surface area contributed by atoms with Gasteiger partial charge in [0.2, 0.25) is 5.95 Å². The molecule has 2 atom stereocenters. The second-order valence-electron chi connectivity index (χ2n) is 5.00. The van der Waals surface area contributed by atoms with Gasteiger partial charge in [-0.15, -0.1) is 24.8 Å². The van der Waals surface area contributed by atoms with E-state index in [1.165, 1.54) is 6.20 Å². The Morgan fingerprint density at radius 1 is 1.35 bits per heavy atom. The van der Waals surface area contributed by atoms with Crippen molar-refractivity contribution in [2.24, 2.45) is 5.92 Å². The fourth-order valence-electron chi connectivity index (χ4n) is 2.67. The van der Waals surface area contributed by atoms with Crippen molar-refractivity contribution >= 4 is 24.8 Å². The zero-order chi connectivity index (χ0) is 13.0. The molecule has 2 rings (SSSR count). The highest BCUT2D eigenvalue weighted by Gasteiger charge is 2.28. The van der Waals surface area contributed by atoms with Crippen LogP contribution in [0.3, 0.4) is 0 Å². The second-order valence-corrected chi connectivity index (χ2v) is 5.00. The first-order valence-electron chi connectivity index (χ1n) is 6.79. The quantitative estimate of drug-likeness (QED) is 0.863. The Kier molecular flexibility index (Phi) is 9.30. The molecule has 0 aliphatic carbocycles. The van der Waals surface area contributed by atoms with Crippen molar-refractivity contribution < 1.29 is 4.39 Å². The van der Waals surface area contributed by atoms with E-state index in [-0.39, 0.29) is 36.8 Å². The Morgan fingerprint density at radius 3 is 2.55 bits per heavy atom. The number of aromatic nitrogens is 1. The Hall–Kier alpha value is -0.420. The summed E-state index contributed by atoms with van der Waals surface area (Å²) in [6.45, 7) is 8.27. The summed E-state index contributed by atoms with van der Waals surface area (Å²) in [4.78, 5) is 6.18. The number of hydrogen-bond donors (Lipinski definition) is 1. The molecule has 0 aromatic carbocycles. The fourth-order valence-corrected chi connectivity index (χ4v) is 2.67. The van der Waals surface area contributed by atoms with Gasteiger partial charge in [0, 0.05) is 44.0 Å². The van der Waals surface area contributed by atoms with Gasteiger partial charge >= 0.3 is 0 Å². The van der Waals surface area contributed by atoms with Crippen molar-refractivity contribution in [3.63, 3.8) is 0 Å². The molecule has 1 aliphatic heterocycles. The number of halogens is 3. The van der Waals surface area contributed by atoms with E-state index in [1.807, 2.05) is 12.1 Å². The summed E-state index contributed by atoms with van der Waals surface area (Å²) in [5, 5.41) is 3.34. The van der Waals surface area contributed by atoms with Gasteiger partial charge in [0.25, 0.3) is 0 Å². The van der Waals surface area contributed by atoms with E-state index in [0.29, 0.717) is 5.92 Å². The summed E-state index contributed by atoms with van der Waals surface area (Å²) in [6.07, 6.45) is 2.56. The minimum absolute atomic E-state index is 0. The van der Waals surface area contributed by atoms with Crippen LogP contribution in [0, 0.1) is 11.9 Å². The Bertz CT molecular complexity index is 386. The first kappa shape index (κ1) is 19.6. The molecule has 1 aromatic heterocycles. The van der Waals surface area contributed by atoms with Gasteiger partial charge in [-0.3, -0.25) is 4.90 Å². The van der Waals surface area contributed by atoms with Crippen LogP contribution in [0.25, 0.3) is 0 Å². The van der Waals surface area contributed by atoms with Crippen molar-refractivity contribution in [1.29, 1.82) is 0 Å². The molecule has 6 heteroatoms. The van der Waals surface area contributed by atoms with Crippen LogP contribution in [0.1, 0.15) is 31.9 Å². The van der Waals surface area contributed by atoms with Crippen LogP contribution < -0.4 is 5.32 Å². The van der Waals surface area contributed by atoms with Crippen molar-refractivity contribution in [3.05, 3.63) is 29.8 Å². The van der Waals surface area contributed by atoms with E-state index >= 15 is 0 Å². The molecule has 1 aliphatic rings. The number of nitrogens with zero attached hydrogens (tertiary/aromatic N) is 2. The van der Waals surface area contributed by atoms with E-state index in [0.717, 1.165) is 38.2 Å². The monoisotopic (exact) mass is 323 g/mol. The smallest absolute Gasteiger partial charge is 0.217 e. The zero-order valence-electron chi connectivity index (χ0n) is 12.0. The molecule has 3 nitrogen and oxygen atoms in total. The van der Waals surface area contributed by atoms with Gasteiger partial charge in [-0.2, -0.15) is 4.39 Å². The Morgan fingerprint density at radius 2 is 2.00 bits per heavy atom. The van der Waals surface area contributed by atoms with Crippen LogP contribution in [-0.2, 0) is 0 Å². The number of piperazine rings is 1. The minimum Gasteiger partial charge on any atom is -0.314 e. The zero-order valence-corrected chi connectivity index (χ0v) is 13.6. The van der Waals surface area contributed by atoms with E-state index in [2.05, 4.69) is 29.0 Å². The molecule has 2 heterocycles. The third kappa shape index (κ3) is 4.55. The van der Waals surface area contributed by atoms with Gasteiger partial charge in [0.05, 0.1) is 0 Å². The predicted octanol–water partition coefficient (Wildman–Crippen LogP) is 3.06. The van der Waals surface area contributed by atoms with Crippen molar-refractivity contribution in [1.82, 2.24) is 15.2 Å². The normalized spacial score (nSPS) is 18.6. The molecule has 1 N–H and O–H groups in total. The van der Waals surface area contributed by atoms with Crippen LogP contribution in [0.4, 0.5) is 4.39 Å². The summed E-state index contributed by atoms with van der Waals surface area (Å²) in [5.74, 6) is 0.114. The topological polar surface area (TPSA) is 28.2 Å². The van der Waals surface area contributed by atoms with Crippen LogP contribution in [-0.4, -0.2) is 36.1 Å². The maximum Gasteiger partial charge on any atom is 0.217 e. The Balaban J connectivity index is 0.00000180. The van der Waals surface area contributed by atoms with E-state index in [9.17, 15) is 4.39 Å². The van der Waals surface area contributed by atoms with E-state index in [1.54, 1.807) is 0 Å². The van der Waals surface area contributed by atoms with Crippen molar-refractivity contribution in [2.45, 2.75) is 26.3 Å². The number of pyridine rings is 1. The maximum atomic E-state index is 13.9. The lowest BCUT2D eigenvalue weighted by Crippen LogP contribution is -2.46. The van der Waals surface area contributed by atoms with Gasteiger partial charge in [-0.25, -0.2) is 4.98 Å². The molecule has 0 bridgehead atoms. The molecule has 1 aromatic rings. The summed E-state index contributed by atoms with van der Waals surface area (Å²) >= 11 is 0. The number of rotatable bonds is 4. The molecular weight excluding hydrogens is 300 g/mol. The third-order valence-corrected chi connectivity index (χ3v) is 3.83. The predicted molar refractivity (Wildman–Crippen MR) is 85.3 cm³/mol. The Labute approximate surface area is 133 Å². The molecule has 1 fully saturated rings. The van der Waals surface area contributed by atoms with Crippen LogP contribution >= 0.6 is 24.8 Å². The highest BCUT2D eigenvalue weighted by molar-refractivity contribution is 5.85. The van der Waals surface area contributed by atoms with Gasteiger partial charge in [-0.1, -0.05) is 26.3 Å². The maximum absolute atomic E-state index is 13.9. The highest BCUT2D eigenvalue weighted by atomic mass is 35.5. The lowest BCUT2D eigenvalue weighted by atomic mass is 9.91. The molecular formula is C14H24Cl2FN3. The summed E-state index contributed by atoms with van der Waals surface area (Å²) in [5.41, 5.74) is 0.744. The van der Waals surface area contributed by atoms with Crippen LogP contribution in [0.2, 0.25) is 0 Å².